The minimum absolute atomic E-state index is 0.000479. The minimum Gasteiger partial charge on any atom is -0.365 e. The molecular weight excluding hydrogens is 382 g/mol. The number of allylic oxidation sites excluding steroid dienone is 1. The molecule has 0 atom stereocenters. The normalized spacial score (nSPS) is 15.3. The van der Waals surface area contributed by atoms with Gasteiger partial charge in [-0.05, 0) is 74.7 Å². The van der Waals surface area contributed by atoms with Crippen molar-refractivity contribution in [2.45, 2.75) is 33.2 Å². The number of hydrogen-bond donors (Lipinski definition) is 1. The zero-order valence-corrected chi connectivity index (χ0v) is 18.1. The number of aryl methyl sites for hydroxylation is 1. The van der Waals surface area contributed by atoms with Gasteiger partial charge in [-0.25, -0.2) is 0 Å². The molecule has 0 bridgehead atoms. The molecule has 29 heavy (non-hydrogen) atoms. The Morgan fingerprint density at radius 3 is 2.62 bits per heavy atom. The van der Waals surface area contributed by atoms with Crippen LogP contribution < -0.4 is 10.2 Å². The van der Waals surface area contributed by atoms with Crippen LogP contribution in [0.1, 0.15) is 37.5 Å². The maximum Gasteiger partial charge on any atom is 0.266 e. The highest BCUT2D eigenvalue weighted by molar-refractivity contribution is 6.32. The first-order chi connectivity index (χ1) is 13.6. The average Bonchev–Trinajstić information content (AvgIpc) is 2.64. The number of hydrogen-bond acceptors (Lipinski definition) is 3. The second-order valence-electron chi connectivity index (χ2n) is 7.92. The molecule has 2 aromatic carbocycles. The summed E-state index contributed by atoms with van der Waals surface area (Å²) in [6.45, 7) is 8.29. The fourth-order valence-electron chi connectivity index (χ4n) is 3.52. The van der Waals surface area contributed by atoms with E-state index in [0.29, 0.717) is 16.3 Å². The molecule has 0 radical (unpaired) electrons. The SMILES string of the molecule is CC1=CC(C)(C)N(C)c2cc(Cl)c(/C=C(/C#N)C(=O)Nc3cccc(C)c3)cc21. The number of likely N-dealkylation sites (N-methyl/N-ethyl adjacent to an activating group) is 1. The van der Waals surface area contributed by atoms with E-state index >= 15 is 0 Å². The molecule has 0 saturated carbocycles. The van der Waals surface area contributed by atoms with Gasteiger partial charge < -0.3 is 10.2 Å². The number of carbonyl (C=O) groups excluding carboxylic acids is 1. The highest BCUT2D eigenvalue weighted by atomic mass is 35.5. The Hall–Kier alpha value is -3.03. The Balaban J connectivity index is 1.98. The molecule has 148 valence electrons. The molecule has 1 aliphatic heterocycles. The summed E-state index contributed by atoms with van der Waals surface area (Å²) in [7, 11) is 2.03. The molecule has 1 aliphatic rings. The second kappa shape index (κ2) is 7.77. The van der Waals surface area contributed by atoms with Gasteiger partial charge in [0.15, 0.2) is 0 Å². The monoisotopic (exact) mass is 405 g/mol. The van der Waals surface area contributed by atoms with E-state index < -0.39 is 5.91 Å². The van der Waals surface area contributed by atoms with E-state index in [-0.39, 0.29) is 11.1 Å². The van der Waals surface area contributed by atoms with E-state index in [1.54, 1.807) is 12.1 Å². The molecule has 2 aromatic rings. The van der Waals surface area contributed by atoms with Gasteiger partial charge in [-0.1, -0.05) is 29.8 Å². The van der Waals surface area contributed by atoms with Crippen LogP contribution in [0.3, 0.4) is 0 Å². The molecule has 0 spiro atoms. The summed E-state index contributed by atoms with van der Waals surface area (Å²) in [4.78, 5) is 14.8. The third-order valence-electron chi connectivity index (χ3n) is 5.28. The van der Waals surface area contributed by atoms with Gasteiger partial charge in [-0.2, -0.15) is 5.26 Å². The summed E-state index contributed by atoms with van der Waals surface area (Å²) >= 11 is 6.52. The number of nitrogens with one attached hydrogen (secondary N) is 1. The lowest BCUT2D eigenvalue weighted by atomic mass is 9.88. The molecule has 0 aromatic heterocycles. The van der Waals surface area contributed by atoms with Crippen molar-refractivity contribution >= 4 is 40.5 Å². The molecule has 4 nitrogen and oxygen atoms in total. The van der Waals surface area contributed by atoms with Crippen molar-refractivity contribution in [3.05, 3.63) is 69.8 Å². The number of carbonyl (C=O) groups is 1. The maximum atomic E-state index is 12.6. The van der Waals surface area contributed by atoms with E-state index in [4.69, 9.17) is 11.6 Å². The molecule has 0 aliphatic carbocycles. The summed E-state index contributed by atoms with van der Waals surface area (Å²) in [5.41, 5.74) is 5.40. The van der Waals surface area contributed by atoms with Gasteiger partial charge in [0.05, 0.1) is 5.54 Å². The number of nitrogens with zero attached hydrogens (tertiary/aromatic N) is 2. The van der Waals surface area contributed by atoms with Crippen LogP contribution in [0.2, 0.25) is 5.02 Å². The van der Waals surface area contributed by atoms with Gasteiger partial charge >= 0.3 is 0 Å². The molecule has 0 unspecified atom stereocenters. The molecule has 0 saturated heterocycles. The predicted octanol–water partition coefficient (Wildman–Crippen LogP) is 5.83. The smallest absolute Gasteiger partial charge is 0.266 e. The van der Waals surface area contributed by atoms with Crippen molar-refractivity contribution in [2.24, 2.45) is 0 Å². The number of halogens is 1. The van der Waals surface area contributed by atoms with Crippen LogP contribution in [0.4, 0.5) is 11.4 Å². The lowest BCUT2D eigenvalue weighted by Gasteiger charge is -2.40. The van der Waals surface area contributed by atoms with Gasteiger partial charge in [0.2, 0.25) is 0 Å². The fraction of sp³-hybridized carbons (Fsp3) is 0.250. The lowest BCUT2D eigenvalue weighted by molar-refractivity contribution is -0.112. The Morgan fingerprint density at radius 2 is 1.97 bits per heavy atom. The number of rotatable bonds is 3. The summed E-state index contributed by atoms with van der Waals surface area (Å²) < 4.78 is 0. The van der Waals surface area contributed by atoms with Gasteiger partial charge in [0.25, 0.3) is 5.91 Å². The minimum atomic E-state index is -0.461. The number of nitriles is 1. The van der Waals surface area contributed by atoms with Crippen LogP contribution in [-0.2, 0) is 4.79 Å². The average molecular weight is 406 g/mol. The summed E-state index contributed by atoms with van der Waals surface area (Å²) in [6, 6.07) is 13.3. The number of fused-ring (bicyclic) bond motifs is 1. The maximum absolute atomic E-state index is 12.6. The summed E-state index contributed by atoms with van der Waals surface area (Å²) in [6.07, 6.45) is 3.74. The van der Waals surface area contributed by atoms with Crippen LogP contribution in [0.15, 0.2) is 48.0 Å². The van der Waals surface area contributed by atoms with Gasteiger partial charge in [-0.3, -0.25) is 4.79 Å². The van der Waals surface area contributed by atoms with E-state index in [2.05, 4.69) is 37.1 Å². The Labute approximate surface area is 177 Å². The quantitative estimate of drug-likeness (QED) is 0.516. The molecule has 1 heterocycles. The molecule has 5 heteroatoms. The van der Waals surface area contributed by atoms with Crippen molar-refractivity contribution in [2.75, 3.05) is 17.3 Å². The summed E-state index contributed by atoms with van der Waals surface area (Å²) in [5.74, 6) is -0.461. The Morgan fingerprint density at radius 1 is 1.24 bits per heavy atom. The van der Waals surface area contributed by atoms with Crippen LogP contribution in [0.5, 0.6) is 0 Å². The highest BCUT2D eigenvalue weighted by Crippen LogP contribution is 2.40. The molecule has 0 fully saturated rings. The first-order valence-corrected chi connectivity index (χ1v) is 9.77. The topological polar surface area (TPSA) is 56.1 Å². The molecule has 3 rings (SSSR count). The van der Waals surface area contributed by atoms with E-state index in [9.17, 15) is 10.1 Å². The van der Waals surface area contributed by atoms with Crippen molar-refractivity contribution in [1.29, 1.82) is 5.26 Å². The van der Waals surface area contributed by atoms with Crippen LogP contribution in [-0.4, -0.2) is 18.5 Å². The standard InChI is InChI=1S/C24H24ClN3O/c1-15-7-6-8-19(9-15)27-23(29)18(14-26)10-17-11-20-16(2)13-24(3,4)28(5)22(20)12-21(17)25/h6-13H,1-5H3,(H,27,29)/b18-10-. The zero-order valence-electron chi connectivity index (χ0n) is 17.3. The van der Waals surface area contributed by atoms with Crippen molar-refractivity contribution < 1.29 is 4.79 Å². The fourth-order valence-corrected chi connectivity index (χ4v) is 3.74. The molecule has 1 amide bonds. The molecular formula is C24H24ClN3O. The van der Waals surface area contributed by atoms with E-state index in [1.807, 2.05) is 50.4 Å². The van der Waals surface area contributed by atoms with Crippen LogP contribution in [0.25, 0.3) is 11.6 Å². The van der Waals surface area contributed by atoms with Crippen molar-refractivity contribution in [3.63, 3.8) is 0 Å². The van der Waals surface area contributed by atoms with Gasteiger partial charge in [0, 0.05) is 29.0 Å². The number of benzene rings is 2. The Bertz CT molecular complexity index is 1090. The van der Waals surface area contributed by atoms with Crippen molar-refractivity contribution in [1.82, 2.24) is 0 Å². The largest absolute Gasteiger partial charge is 0.365 e. The van der Waals surface area contributed by atoms with E-state index in [0.717, 1.165) is 22.4 Å². The molecule has 1 N–H and O–H groups in total. The summed E-state index contributed by atoms with van der Waals surface area (Å²) in [5, 5.41) is 12.8. The second-order valence-corrected chi connectivity index (χ2v) is 8.33. The first-order valence-electron chi connectivity index (χ1n) is 9.39. The van der Waals surface area contributed by atoms with Crippen LogP contribution in [0, 0.1) is 18.3 Å². The zero-order chi connectivity index (χ0) is 21.3. The Kier molecular flexibility index (Phi) is 5.55. The number of amides is 1. The number of anilines is 2. The van der Waals surface area contributed by atoms with Crippen molar-refractivity contribution in [3.8, 4) is 6.07 Å². The van der Waals surface area contributed by atoms with Crippen LogP contribution >= 0.6 is 11.6 Å². The lowest BCUT2D eigenvalue weighted by Crippen LogP contribution is -2.42. The highest BCUT2D eigenvalue weighted by Gasteiger charge is 2.29. The predicted molar refractivity (Wildman–Crippen MR) is 121 cm³/mol. The first kappa shape index (κ1) is 20.7. The van der Waals surface area contributed by atoms with E-state index in [1.165, 1.54) is 0 Å². The van der Waals surface area contributed by atoms with Gasteiger partial charge in [0.1, 0.15) is 11.6 Å². The van der Waals surface area contributed by atoms with Gasteiger partial charge in [-0.15, -0.1) is 0 Å². The third kappa shape index (κ3) is 4.21. The third-order valence-corrected chi connectivity index (χ3v) is 5.60.